The quantitative estimate of drug-likeness (QED) is 0.149. The predicted molar refractivity (Wildman–Crippen MR) is 153 cm³/mol. The number of rotatable bonds is 22. The Balaban J connectivity index is 1.70. The van der Waals surface area contributed by atoms with E-state index in [1.165, 1.54) is 109 Å². The Morgan fingerprint density at radius 2 is 1.17 bits per heavy atom. The lowest BCUT2D eigenvalue weighted by atomic mass is 9.94. The van der Waals surface area contributed by atoms with Gasteiger partial charge < -0.3 is 0 Å². The number of carbonyl (C=O) groups excluding carboxylic acids is 1. The molecule has 206 valence electrons. The van der Waals surface area contributed by atoms with Gasteiger partial charge in [-0.1, -0.05) is 136 Å². The van der Waals surface area contributed by atoms with Gasteiger partial charge in [-0.05, 0) is 19.8 Å². The Morgan fingerprint density at radius 3 is 1.69 bits per heavy atom. The summed E-state index contributed by atoms with van der Waals surface area (Å²) in [7, 11) is 0. The molecule has 6 nitrogen and oxygen atoms in total. The molecule has 36 heavy (non-hydrogen) atoms. The number of fused-ring (bicyclic) bond motifs is 1. The summed E-state index contributed by atoms with van der Waals surface area (Å²) in [5.74, 6) is 0.611. The maximum absolute atomic E-state index is 13.6. The van der Waals surface area contributed by atoms with Crippen molar-refractivity contribution in [1.82, 2.24) is 14.9 Å². The van der Waals surface area contributed by atoms with Gasteiger partial charge >= 0.3 is 0 Å². The van der Waals surface area contributed by atoms with Crippen molar-refractivity contribution in [1.29, 1.82) is 0 Å². The van der Waals surface area contributed by atoms with Crippen LogP contribution >= 0.6 is 0 Å². The molecule has 0 spiro atoms. The van der Waals surface area contributed by atoms with Crippen LogP contribution in [0.3, 0.4) is 0 Å². The zero-order valence-corrected chi connectivity index (χ0v) is 23.9. The standard InChI is InChI=1S/C30H55N5O/c1-4-6-8-10-12-14-16-18-20-22-24-28-27(3)33-35-26-31-32-30(35)34(29(28)36)25-23-21-19-17-15-13-11-9-7-5-2/h26,28H,4-25H2,1-3H3/t28-/m0/s1. The largest absolute Gasteiger partial charge is 0.279 e. The predicted octanol–water partition coefficient (Wildman–Crippen LogP) is 8.70. The van der Waals surface area contributed by atoms with Gasteiger partial charge in [-0.3, -0.25) is 9.69 Å². The first-order chi connectivity index (χ1) is 17.7. The summed E-state index contributed by atoms with van der Waals surface area (Å²) in [5, 5.41) is 13.0. The highest BCUT2D eigenvalue weighted by Crippen LogP contribution is 2.24. The molecule has 0 aliphatic carbocycles. The Hall–Kier alpha value is -1.72. The maximum Gasteiger partial charge on any atom is 0.254 e. The molecule has 2 heterocycles. The van der Waals surface area contributed by atoms with Crippen molar-refractivity contribution < 1.29 is 4.79 Å². The molecular weight excluding hydrogens is 446 g/mol. The summed E-state index contributed by atoms with van der Waals surface area (Å²) in [6.07, 6.45) is 28.5. The summed E-state index contributed by atoms with van der Waals surface area (Å²) in [4.78, 5) is 15.4. The van der Waals surface area contributed by atoms with Gasteiger partial charge in [0.1, 0.15) is 6.33 Å². The molecule has 0 aromatic carbocycles. The molecule has 0 saturated heterocycles. The number of unbranched alkanes of at least 4 members (excludes halogenated alkanes) is 18. The van der Waals surface area contributed by atoms with Crippen LogP contribution in [0.2, 0.25) is 0 Å². The smallest absolute Gasteiger partial charge is 0.254 e. The van der Waals surface area contributed by atoms with Crippen molar-refractivity contribution >= 4 is 17.6 Å². The number of amides is 1. The van der Waals surface area contributed by atoms with Gasteiger partial charge in [0.25, 0.3) is 5.95 Å². The molecule has 1 aliphatic heterocycles. The Morgan fingerprint density at radius 1 is 0.694 bits per heavy atom. The molecule has 1 amide bonds. The van der Waals surface area contributed by atoms with Gasteiger partial charge in [0.2, 0.25) is 5.91 Å². The van der Waals surface area contributed by atoms with Crippen LogP contribution in [0.1, 0.15) is 156 Å². The van der Waals surface area contributed by atoms with Crippen molar-refractivity contribution in [2.75, 3.05) is 11.4 Å². The van der Waals surface area contributed by atoms with E-state index in [0.717, 1.165) is 31.4 Å². The van der Waals surface area contributed by atoms with Crippen LogP contribution in [-0.4, -0.2) is 33.0 Å². The number of aromatic nitrogens is 3. The lowest BCUT2D eigenvalue weighted by Crippen LogP contribution is -2.39. The summed E-state index contributed by atoms with van der Waals surface area (Å²) < 4.78 is 1.70. The first-order valence-corrected chi connectivity index (χ1v) is 15.5. The van der Waals surface area contributed by atoms with Crippen LogP contribution in [0.25, 0.3) is 0 Å². The number of hydrogen-bond donors (Lipinski definition) is 0. The highest BCUT2D eigenvalue weighted by Gasteiger charge is 2.32. The third kappa shape index (κ3) is 11.6. The Bertz CT molecular complexity index is 729. The fraction of sp³-hybridized carbons (Fsp3) is 0.867. The second-order valence-corrected chi connectivity index (χ2v) is 10.9. The highest BCUT2D eigenvalue weighted by atomic mass is 16.2. The van der Waals surface area contributed by atoms with Crippen molar-refractivity contribution in [3.05, 3.63) is 6.33 Å². The average Bonchev–Trinajstić information content (AvgIpc) is 3.30. The van der Waals surface area contributed by atoms with Gasteiger partial charge in [-0.15, -0.1) is 10.2 Å². The molecule has 1 aromatic heterocycles. The number of nitrogens with zero attached hydrogens (tertiary/aromatic N) is 5. The average molecular weight is 502 g/mol. The van der Waals surface area contributed by atoms with E-state index in [9.17, 15) is 4.79 Å². The minimum Gasteiger partial charge on any atom is -0.279 e. The Kier molecular flexibility index (Phi) is 16.4. The fourth-order valence-electron chi connectivity index (χ4n) is 5.31. The number of hydrogen-bond acceptors (Lipinski definition) is 4. The van der Waals surface area contributed by atoms with Gasteiger partial charge in [0, 0.05) is 12.3 Å². The van der Waals surface area contributed by atoms with Gasteiger partial charge in [-0.2, -0.15) is 9.78 Å². The van der Waals surface area contributed by atoms with E-state index in [4.69, 9.17) is 5.10 Å². The second-order valence-electron chi connectivity index (χ2n) is 10.9. The van der Waals surface area contributed by atoms with E-state index < -0.39 is 0 Å². The highest BCUT2D eigenvalue weighted by molar-refractivity contribution is 6.09. The normalized spacial score (nSPS) is 15.8. The first-order valence-electron chi connectivity index (χ1n) is 15.5. The van der Waals surface area contributed by atoms with Crippen LogP contribution in [0.5, 0.6) is 0 Å². The van der Waals surface area contributed by atoms with Crippen LogP contribution < -0.4 is 4.90 Å². The summed E-state index contributed by atoms with van der Waals surface area (Å²) in [6, 6.07) is 0. The van der Waals surface area contributed by atoms with E-state index in [1.54, 1.807) is 11.0 Å². The summed E-state index contributed by atoms with van der Waals surface area (Å²) in [5.41, 5.74) is 0.891. The van der Waals surface area contributed by atoms with Crippen LogP contribution in [0.4, 0.5) is 5.95 Å². The first kappa shape index (κ1) is 30.5. The van der Waals surface area contributed by atoms with E-state index in [2.05, 4.69) is 24.0 Å². The number of carbonyl (C=O) groups is 1. The van der Waals surface area contributed by atoms with E-state index in [1.807, 2.05) is 11.8 Å². The molecule has 0 bridgehead atoms. The molecule has 1 atom stereocenters. The van der Waals surface area contributed by atoms with Crippen LogP contribution in [-0.2, 0) is 4.79 Å². The lowest BCUT2D eigenvalue weighted by molar-refractivity contribution is -0.120. The topological polar surface area (TPSA) is 63.4 Å². The van der Waals surface area contributed by atoms with E-state index in [-0.39, 0.29) is 11.8 Å². The molecule has 6 heteroatoms. The molecule has 0 fully saturated rings. The molecule has 1 aromatic rings. The fourth-order valence-corrected chi connectivity index (χ4v) is 5.31. The SMILES string of the molecule is CCCCCCCCCCCC[C@@H]1C(=O)N(CCCCCCCCCCCC)c2nncn2N=C1C. The molecule has 0 N–H and O–H groups in total. The van der Waals surface area contributed by atoms with Gasteiger partial charge in [0.05, 0.1) is 5.92 Å². The molecular formula is C30H55N5O. The van der Waals surface area contributed by atoms with Crippen LogP contribution in [0, 0.1) is 5.92 Å². The van der Waals surface area contributed by atoms with E-state index >= 15 is 0 Å². The van der Waals surface area contributed by atoms with Crippen molar-refractivity contribution in [3.63, 3.8) is 0 Å². The van der Waals surface area contributed by atoms with Crippen molar-refractivity contribution in [3.8, 4) is 0 Å². The minimum absolute atomic E-state index is 0.135. The van der Waals surface area contributed by atoms with Gasteiger partial charge in [0.15, 0.2) is 0 Å². The van der Waals surface area contributed by atoms with Crippen molar-refractivity contribution in [2.24, 2.45) is 11.0 Å². The van der Waals surface area contributed by atoms with Crippen LogP contribution in [0.15, 0.2) is 11.4 Å². The third-order valence-electron chi connectivity index (χ3n) is 7.67. The minimum atomic E-state index is -0.135. The lowest BCUT2D eigenvalue weighted by Gasteiger charge is -2.23. The van der Waals surface area contributed by atoms with Gasteiger partial charge in [-0.25, -0.2) is 0 Å². The molecule has 0 saturated carbocycles. The zero-order chi connectivity index (χ0) is 25.8. The number of anilines is 1. The van der Waals surface area contributed by atoms with Crippen molar-refractivity contribution in [2.45, 2.75) is 156 Å². The zero-order valence-electron chi connectivity index (χ0n) is 23.9. The second kappa shape index (κ2) is 19.4. The Labute approximate surface area is 221 Å². The summed E-state index contributed by atoms with van der Waals surface area (Å²) in [6.45, 7) is 7.25. The summed E-state index contributed by atoms with van der Waals surface area (Å²) >= 11 is 0. The third-order valence-corrected chi connectivity index (χ3v) is 7.67. The molecule has 0 radical (unpaired) electrons. The molecule has 2 rings (SSSR count). The maximum atomic E-state index is 13.6. The van der Waals surface area contributed by atoms with E-state index in [0.29, 0.717) is 12.5 Å². The molecule has 1 aliphatic rings. The molecule has 0 unspecified atom stereocenters. The monoisotopic (exact) mass is 501 g/mol.